The van der Waals surface area contributed by atoms with E-state index < -0.39 is 0 Å². The van der Waals surface area contributed by atoms with Crippen LogP contribution >= 0.6 is 0 Å². The van der Waals surface area contributed by atoms with Crippen molar-refractivity contribution in [3.63, 3.8) is 0 Å². The van der Waals surface area contributed by atoms with E-state index in [1.165, 1.54) is 5.56 Å². The zero-order valence-electron chi connectivity index (χ0n) is 16.0. The van der Waals surface area contributed by atoms with Crippen LogP contribution in [0.4, 0.5) is 5.82 Å². The number of ether oxygens (including phenoxy) is 1. The lowest BCUT2D eigenvalue weighted by Gasteiger charge is -2.21. The molecule has 0 aliphatic carbocycles. The highest BCUT2D eigenvalue weighted by molar-refractivity contribution is 5.91. The molecule has 0 saturated carbocycles. The standard InChI is InChI=1S/C23H22N4O/c1-17-10-11-21-20(15-17)23(26-22(25-21)18-7-6-12-24-16-18)27(2)13-14-28-19-8-4-3-5-9-19/h3-12,15-16H,13-14H2,1-2H3. The van der Waals surface area contributed by atoms with E-state index in [1.54, 1.807) is 12.4 Å². The second-order valence-electron chi connectivity index (χ2n) is 6.72. The predicted octanol–water partition coefficient (Wildman–Crippen LogP) is 4.52. The molecule has 0 unspecified atom stereocenters. The van der Waals surface area contributed by atoms with Crippen LogP contribution in [0.1, 0.15) is 5.56 Å². The SMILES string of the molecule is Cc1ccc2nc(-c3cccnc3)nc(N(C)CCOc3ccccc3)c2c1. The number of aryl methyl sites for hydroxylation is 1. The zero-order chi connectivity index (χ0) is 19.3. The number of rotatable bonds is 6. The van der Waals surface area contributed by atoms with Crippen LogP contribution in [-0.4, -0.2) is 35.2 Å². The van der Waals surface area contributed by atoms with Gasteiger partial charge in [-0.15, -0.1) is 0 Å². The predicted molar refractivity (Wildman–Crippen MR) is 113 cm³/mol. The fraction of sp³-hybridized carbons (Fsp3) is 0.174. The summed E-state index contributed by atoms with van der Waals surface area (Å²) in [5.41, 5.74) is 3.01. The van der Waals surface area contributed by atoms with Crippen LogP contribution in [0.25, 0.3) is 22.3 Å². The summed E-state index contributed by atoms with van der Waals surface area (Å²) in [7, 11) is 2.03. The van der Waals surface area contributed by atoms with Crippen LogP contribution in [0.3, 0.4) is 0 Å². The number of fused-ring (bicyclic) bond motifs is 1. The molecule has 5 nitrogen and oxygen atoms in total. The molecule has 140 valence electrons. The van der Waals surface area contributed by atoms with Crippen molar-refractivity contribution in [2.75, 3.05) is 25.1 Å². The number of pyridine rings is 1. The van der Waals surface area contributed by atoms with Gasteiger partial charge in [-0.2, -0.15) is 0 Å². The number of hydrogen-bond acceptors (Lipinski definition) is 5. The highest BCUT2D eigenvalue weighted by atomic mass is 16.5. The van der Waals surface area contributed by atoms with Crippen LogP contribution in [-0.2, 0) is 0 Å². The lowest BCUT2D eigenvalue weighted by atomic mass is 10.1. The summed E-state index contributed by atoms with van der Waals surface area (Å²) in [6.45, 7) is 3.36. The van der Waals surface area contributed by atoms with Gasteiger partial charge in [0.05, 0.1) is 12.1 Å². The van der Waals surface area contributed by atoms with Crippen LogP contribution in [0.2, 0.25) is 0 Å². The summed E-state index contributed by atoms with van der Waals surface area (Å²) in [4.78, 5) is 15.9. The molecular formula is C23H22N4O. The third-order valence-corrected chi connectivity index (χ3v) is 4.55. The molecule has 2 aromatic carbocycles. The van der Waals surface area contributed by atoms with Gasteiger partial charge in [0, 0.05) is 30.4 Å². The average Bonchev–Trinajstić information content (AvgIpc) is 2.74. The largest absolute Gasteiger partial charge is 0.492 e. The summed E-state index contributed by atoms with van der Waals surface area (Å²) in [5.74, 6) is 2.44. The van der Waals surface area contributed by atoms with E-state index in [2.05, 4.69) is 28.9 Å². The Balaban J connectivity index is 1.64. The number of anilines is 1. The maximum absolute atomic E-state index is 5.85. The lowest BCUT2D eigenvalue weighted by Crippen LogP contribution is -2.25. The van der Waals surface area contributed by atoms with Gasteiger partial charge in [0.1, 0.15) is 18.2 Å². The third-order valence-electron chi connectivity index (χ3n) is 4.55. The third kappa shape index (κ3) is 3.93. The van der Waals surface area contributed by atoms with Crippen molar-refractivity contribution in [3.8, 4) is 17.1 Å². The van der Waals surface area contributed by atoms with E-state index in [0.717, 1.165) is 28.0 Å². The van der Waals surface area contributed by atoms with E-state index in [-0.39, 0.29) is 0 Å². The first-order valence-electron chi connectivity index (χ1n) is 9.28. The van der Waals surface area contributed by atoms with Crippen molar-refractivity contribution in [2.45, 2.75) is 6.92 Å². The number of para-hydroxylation sites is 1. The van der Waals surface area contributed by atoms with Gasteiger partial charge in [0.2, 0.25) is 0 Å². The molecule has 0 fully saturated rings. The van der Waals surface area contributed by atoms with Gasteiger partial charge in [-0.05, 0) is 43.3 Å². The minimum Gasteiger partial charge on any atom is -0.492 e. The molecule has 0 aliphatic heterocycles. The second kappa shape index (κ2) is 8.05. The van der Waals surface area contributed by atoms with Crippen LogP contribution in [0.15, 0.2) is 73.1 Å². The van der Waals surface area contributed by atoms with Crippen LogP contribution < -0.4 is 9.64 Å². The summed E-state index contributed by atoms with van der Waals surface area (Å²) in [6.07, 6.45) is 3.54. The molecule has 0 N–H and O–H groups in total. The molecule has 0 saturated heterocycles. The van der Waals surface area contributed by atoms with Crippen molar-refractivity contribution in [3.05, 3.63) is 78.6 Å². The van der Waals surface area contributed by atoms with E-state index in [1.807, 2.05) is 55.6 Å². The van der Waals surface area contributed by atoms with E-state index >= 15 is 0 Å². The smallest absolute Gasteiger partial charge is 0.163 e. The first kappa shape index (κ1) is 17.9. The number of aromatic nitrogens is 3. The maximum Gasteiger partial charge on any atom is 0.163 e. The number of nitrogens with zero attached hydrogens (tertiary/aromatic N) is 4. The number of likely N-dealkylation sites (N-methyl/N-ethyl adjacent to an activating group) is 1. The molecule has 2 heterocycles. The van der Waals surface area contributed by atoms with Gasteiger partial charge in [0.15, 0.2) is 5.82 Å². The van der Waals surface area contributed by atoms with Crippen molar-refractivity contribution in [2.24, 2.45) is 0 Å². The van der Waals surface area contributed by atoms with Gasteiger partial charge in [-0.3, -0.25) is 4.98 Å². The summed E-state index contributed by atoms with van der Waals surface area (Å²) in [6, 6.07) is 20.0. The van der Waals surface area contributed by atoms with Gasteiger partial charge >= 0.3 is 0 Å². The molecule has 0 atom stereocenters. The van der Waals surface area contributed by atoms with Crippen LogP contribution in [0, 0.1) is 6.92 Å². The highest BCUT2D eigenvalue weighted by Gasteiger charge is 2.13. The Bertz CT molecular complexity index is 1070. The van der Waals surface area contributed by atoms with Gasteiger partial charge in [-0.25, -0.2) is 9.97 Å². The maximum atomic E-state index is 5.85. The molecule has 0 aliphatic rings. The van der Waals surface area contributed by atoms with E-state index in [9.17, 15) is 0 Å². The van der Waals surface area contributed by atoms with Crippen LogP contribution in [0.5, 0.6) is 5.75 Å². The second-order valence-corrected chi connectivity index (χ2v) is 6.72. The molecule has 4 aromatic rings. The number of benzene rings is 2. The molecule has 2 aromatic heterocycles. The molecule has 0 amide bonds. The molecular weight excluding hydrogens is 348 g/mol. The Morgan fingerprint density at radius 3 is 2.61 bits per heavy atom. The van der Waals surface area contributed by atoms with E-state index in [0.29, 0.717) is 19.0 Å². The Morgan fingerprint density at radius 2 is 1.82 bits per heavy atom. The summed E-state index contributed by atoms with van der Waals surface area (Å²) >= 11 is 0. The van der Waals surface area contributed by atoms with Crippen molar-refractivity contribution >= 4 is 16.7 Å². The zero-order valence-corrected chi connectivity index (χ0v) is 16.0. The molecule has 0 spiro atoms. The Labute approximate surface area is 164 Å². The quantitative estimate of drug-likeness (QED) is 0.500. The fourth-order valence-electron chi connectivity index (χ4n) is 3.06. The van der Waals surface area contributed by atoms with Gasteiger partial charge < -0.3 is 9.64 Å². The Hall–Kier alpha value is -3.47. The topological polar surface area (TPSA) is 51.1 Å². The molecule has 4 rings (SSSR count). The van der Waals surface area contributed by atoms with Gasteiger partial charge in [0.25, 0.3) is 0 Å². The summed E-state index contributed by atoms with van der Waals surface area (Å²) < 4.78 is 5.85. The van der Waals surface area contributed by atoms with E-state index in [4.69, 9.17) is 14.7 Å². The summed E-state index contributed by atoms with van der Waals surface area (Å²) in [5, 5.41) is 1.04. The molecule has 28 heavy (non-hydrogen) atoms. The Kier molecular flexibility index (Phi) is 5.15. The minimum absolute atomic E-state index is 0.569. The first-order valence-corrected chi connectivity index (χ1v) is 9.28. The van der Waals surface area contributed by atoms with Gasteiger partial charge in [-0.1, -0.05) is 29.8 Å². The first-order chi connectivity index (χ1) is 13.7. The molecule has 0 radical (unpaired) electrons. The van der Waals surface area contributed by atoms with Crippen molar-refractivity contribution < 1.29 is 4.74 Å². The Morgan fingerprint density at radius 1 is 0.964 bits per heavy atom. The fourth-order valence-corrected chi connectivity index (χ4v) is 3.06. The normalized spacial score (nSPS) is 10.8. The van der Waals surface area contributed by atoms with Crippen molar-refractivity contribution in [1.29, 1.82) is 0 Å². The minimum atomic E-state index is 0.569. The monoisotopic (exact) mass is 370 g/mol. The highest BCUT2D eigenvalue weighted by Crippen LogP contribution is 2.27. The molecule has 5 heteroatoms. The average molecular weight is 370 g/mol. The number of hydrogen-bond donors (Lipinski definition) is 0. The van der Waals surface area contributed by atoms with Crippen molar-refractivity contribution in [1.82, 2.24) is 15.0 Å². The lowest BCUT2D eigenvalue weighted by molar-refractivity contribution is 0.326. The molecule has 0 bridgehead atoms.